The van der Waals surface area contributed by atoms with Crippen molar-refractivity contribution in [2.24, 2.45) is 23.7 Å². The molecule has 1 saturated carbocycles. The monoisotopic (exact) mass is 462 g/mol. The van der Waals surface area contributed by atoms with E-state index in [4.69, 9.17) is 4.74 Å². The number of carboxylic acid groups (broad SMARTS) is 1. The lowest BCUT2D eigenvalue weighted by Crippen LogP contribution is -2.47. The summed E-state index contributed by atoms with van der Waals surface area (Å²) < 4.78 is 5.61. The number of ether oxygens (including phenoxy) is 1. The van der Waals surface area contributed by atoms with Gasteiger partial charge in [-0.05, 0) is 47.4 Å². The second-order valence-corrected chi connectivity index (χ2v) is 9.81. The lowest BCUT2D eigenvalue weighted by molar-refractivity contribution is -0.140. The van der Waals surface area contributed by atoms with Crippen LogP contribution in [-0.4, -0.2) is 53.7 Å². The van der Waals surface area contributed by atoms with Gasteiger partial charge in [0.25, 0.3) is 0 Å². The molecule has 1 aliphatic heterocycles. The summed E-state index contributed by atoms with van der Waals surface area (Å²) in [6.45, 7) is 4.88. The Morgan fingerprint density at radius 1 is 1.03 bits per heavy atom. The van der Waals surface area contributed by atoms with Crippen LogP contribution in [0.2, 0.25) is 0 Å². The van der Waals surface area contributed by atoms with Crippen LogP contribution in [0.5, 0.6) is 0 Å². The number of fused-ring (bicyclic) bond motifs is 4. The Morgan fingerprint density at radius 3 is 2.26 bits per heavy atom. The van der Waals surface area contributed by atoms with E-state index >= 15 is 0 Å². The van der Waals surface area contributed by atoms with Crippen LogP contribution >= 0.6 is 0 Å². The molecule has 2 amide bonds. The zero-order chi connectivity index (χ0) is 24.0. The van der Waals surface area contributed by atoms with Gasteiger partial charge in [0.1, 0.15) is 6.61 Å². The van der Waals surface area contributed by atoms with Gasteiger partial charge in [0.2, 0.25) is 5.91 Å². The summed E-state index contributed by atoms with van der Waals surface area (Å²) in [4.78, 5) is 38.6. The standard InChI is InChI=1S/C27H30N2O5/c1-15(25(30)29-12-11-21-22(13-29)24(21)26(31)32)16(2)28-27(33)34-14-23-19-9-5-3-7-17(19)18-8-4-6-10-20(18)23/h3-10,15-16,21-24H,11-14H2,1-2H3,(H,28,33)(H,31,32)/t15?,16?,21-,22+,24?/m0/s1. The number of carbonyl (C=O) groups is 3. The number of benzene rings is 2. The normalized spacial score (nSPS) is 24.3. The first-order valence-electron chi connectivity index (χ1n) is 12.0. The van der Waals surface area contributed by atoms with Crippen LogP contribution in [0.1, 0.15) is 37.3 Å². The number of carbonyl (C=O) groups excluding carboxylic acids is 2. The number of hydrogen-bond donors (Lipinski definition) is 2. The van der Waals surface area contributed by atoms with E-state index in [1.807, 2.05) is 24.3 Å². The van der Waals surface area contributed by atoms with Crippen molar-refractivity contribution in [2.45, 2.75) is 32.2 Å². The Bertz CT molecular complexity index is 1090. The van der Waals surface area contributed by atoms with Gasteiger partial charge in [-0.25, -0.2) is 4.79 Å². The van der Waals surface area contributed by atoms with Crippen LogP contribution in [0.25, 0.3) is 11.1 Å². The molecule has 7 nitrogen and oxygen atoms in total. The van der Waals surface area contributed by atoms with Gasteiger partial charge >= 0.3 is 12.1 Å². The van der Waals surface area contributed by atoms with Crippen molar-refractivity contribution in [1.82, 2.24) is 10.2 Å². The van der Waals surface area contributed by atoms with Gasteiger partial charge in [0.15, 0.2) is 0 Å². The van der Waals surface area contributed by atoms with E-state index in [-0.39, 0.29) is 36.2 Å². The minimum atomic E-state index is -0.761. The van der Waals surface area contributed by atoms with Gasteiger partial charge < -0.3 is 20.1 Å². The fourth-order valence-corrected chi connectivity index (χ4v) is 5.76. The van der Waals surface area contributed by atoms with Crippen LogP contribution < -0.4 is 5.32 Å². The van der Waals surface area contributed by atoms with E-state index in [2.05, 4.69) is 29.6 Å². The molecule has 1 heterocycles. The van der Waals surface area contributed by atoms with Gasteiger partial charge in [-0.1, -0.05) is 55.5 Å². The average molecular weight is 463 g/mol. The second kappa shape index (κ2) is 8.78. The van der Waals surface area contributed by atoms with Crippen molar-refractivity contribution < 1.29 is 24.2 Å². The molecule has 0 spiro atoms. The molecule has 1 saturated heterocycles. The molecule has 2 N–H and O–H groups in total. The number of rotatable bonds is 6. The third-order valence-corrected chi connectivity index (χ3v) is 7.92. The first kappa shape index (κ1) is 22.4. The molecule has 5 rings (SSSR count). The van der Waals surface area contributed by atoms with Crippen molar-refractivity contribution in [3.8, 4) is 11.1 Å². The summed E-state index contributed by atoms with van der Waals surface area (Å²) >= 11 is 0. The van der Waals surface area contributed by atoms with Crippen LogP contribution in [0, 0.1) is 23.7 Å². The number of carboxylic acids is 1. The zero-order valence-electron chi connectivity index (χ0n) is 19.4. The number of aliphatic carboxylic acids is 1. The van der Waals surface area contributed by atoms with Gasteiger partial charge in [0.05, 0.1) is 11.8 Å². The third kappa shape index (κ3) is 3.93. The van der Waals surface area contributed by atoms with Crippen molar-refractivity contribution in [3.63, 3.8) is 0 Å². The molecular formula is C27H30N2O5. The number of alkyl carbamates (subject to hydrolysis) is 1. The highest BCUT2D eigenvalue weighted by atomic mass is 16.5. The number of likely N-dealkylation sites (tertiary alicyclic amines) is 1. The molecule has 0 radical (unpaired) electrons. The van der Waals surface area contributed by atoms with Crippen LogP contribution in [0.4, 0.5) is 4.79 Å². The van der Waals surface area contributed by atoms with Crippen molar-refractivity contribution in [3.05, 3.63) is 59.7 Å². The molecule has 34 heavy (non-hydrogen) atoms. The zero-order valence-corrected chi connectivity index (χ0v) is 19.4. The minimum Gasteiger partial charge on any atom is -0.481 e. The first-order valence-corrected chi connectivity index (χ1v) is 12.0. The molecule has 0 bridgehead atoms. The van der Waals surface area contributed by atoms with E-state index in [1.165, 1.54) is 11.1 Å². The fourth-order valence-electron chi connectivity index (χ4n) is 5.76. The molecule has 7 heteroatoms. The van der Waals surface area contributed by atoms with E-state index in [1.54, 1.807) is 18.7 Å². The van der Waals surface area contributed by atoms with E-state index < -0.39 is 24.0 Å². The molecule has 2 aliphatic carbocycles. The summed E-state index contributed by atoms with van der Waals surface area (Å²) in [7, 11) is 0. The summed E-state index contributed by atoms with van der Waals surface area (Å²) in [6, 6.07) is 15.9. The van der Waals surface area contributed by atoms with Crippen molar-refractivity contribution in [1.29, 1.82) is 0 Å². The Labute approximate surface area is 199 Å². The maximum absolute atomic E-state index is 13.0. The highest BCUT2D eigenvalue weighted by Gasteiger charge is 2.57. The Morgan fingerprint density at radius 2 is 1.65 bits per heavy atom. The number of hydrogen-bond acceptors (Lipinski definition) is 4. The summed E-state index contributed by atoms with van der Waals surface area (Å²) in [5, 5.41) is 12.1. The molecule has 0 aromatic heterocycles. The second-order valence-electron chi connectivity index (χ2n) is 9.81. The van der Waals surface area contributed by atoms with Gasteiger partial charge in [-0.2, -0.15) is 0 Å². The number of nitrogens with one attached hydrogen (secondary N) is 1. The third-order valence-electron chi connectivity index (χ3n) is 7.92. The van der Waals surface area contributed by atoms with Crippen LogP contribution in [0.3, 0.4) is 0 Å². The molecule has 3 aliphatic rings. The van der Waals surface area contributed by atoms with Crippen molar-refractivity contribution in [2.75, 3.05) is 19.7 Å². The van der Waals surface area contributed by atoms with Gasteiger partial charge in [-0.3, -0.25) is 9.59 Å². The Kier molecular flexibility index (Phi) is 5.80. The molecule has 178 valence electrons. The van der Waals surface area contributed by atoms with E-state index in [0.29, 0.717) is 13.1 Å². The van der Waals surface area contributed by atoms with Crippen LogP contribution in [-0.2, 0) is 14.3 Å². The van der Waals surface area contributed by atoms with E-state index in [0.717, 1.165) is 17.5 Å². The first-order chi connectivity index (χ1) is 16.4. The SMILES string of the molecule is CC(NC(=O)OCC1c2ccccc2-c2ccccc21)C(C)C(=O)N1CC[C@@H]2C(C(=O)O)[C@@H]2C1. The highest BCUT2D eigenvalue weighted by molar-refractivity contribution is 5.81. The lowest BCUT2D eigenvalue weighted by atomic mass is 9.98. The fraction of sp³-hybridized carbons (Fsp3) is 0.444. The molecule has 5 atom stereocenters. The highest BCUT2D eigenvalue weighted by Crippen LogP contribution is 2.51. The number of nitrogens with zero attached hydrogens (tertiary/aromatic N) is 1. The molecule has 3 unspecified atom stereocenters. The van der Waals surface area contributed by atoms with Crippen LogP contribution in [0.15, 0.2) is 48.5 Å². The summed E-state index contributed by atoms with van der Waals surface area (Å²) in [5.41, 5.74) is 4.64. The predicted molar refractivity (Wildman–Crippen MR) is 126 cm³/mol. The quantitative estimate of drug-likeness (QED) is 0.682. The Balaban J connectivity index is 1.15. The maximum Gasteiger partial charge on any atom is 0.407 e. The Hall–Kier alpha value is -3.35. The predicted octanol–water partition coefficient (Wildman–Crippen LogP) is 3.73. The largest absolute Gasteiger partial charge is 0.481 e. The molecule has 2 fully saturated rings. The molecule has 2 aromatic carbocycles. The van der Waals surface area contributed by atoms with Crippen molar-refractivity contribution >= 4 is 18.0 Å². The number of amides is 2. The average Bonchev–Trinajstić information content (AvgIpc) is 3.49. The minimum absolute atomic E-state index is 0.0190. The maximum atomic E-state index is 13.0. The molecule has 2 aromatic rings. The summed E-state index contributed by atoms with van der Waals surface area (Å²) in [5.74, 6) is -1.32. The van der Waals surface area contributed by atoms with Gasteiger partial charge in [-0.15, -0.1) is 0 Å². The van der Waals surface area contributed by atoms with Gasteiger partial charge in [0, 0.05) is 25.0 Å². The molecular weight excluding hydrogens is 432 g/mol. The lowest BCUT2D eigenvalue weighted by Gasteiger charge is -2.31. The smallest absolute Gasteiger partial charge is 0.407 e. The number of piperidine rings is 1. The topological polar surface area (TPSA) is 95.9 Å². The summed E-state index contributed by atoms with van der Waals surface area (Å²) in [6.07, 6.45) is 0.190. The van der Waals surface area contributed by atoms with E-state index in [9.17, 15) is 19.5 Å².